The van der Waals surface area contributed by atoms with Crippen molar-refractivity contribution in [2.45, 2.75) is 64.2 Å². The molecule has 3 rings (SSSR count). The lowest BCUT2D eigenvalue weighted by Gasteiger charge is -2.29. The summed E-state index contributed by atoms with van der Waals surface area (Å²) < 4.78 is 12.7. The molecule has 2 heterocycles. The van der Waals surface area contributed by atoms with Crippen LogP contribution in [0.2, 0.25) is 10.0 Å². The third-order valence-electron chi connectivity index (χ3n) is 5.20. The summed E-state index contributed by atoms with van der Waals surface area (Å²) in [5.41, 5.74) is 0.0358. The van der Waals surface area contributed by atoms with Gasteiger partial charge in [0, 0.05) is 41.4 Å². The molecule has 1 aromatic carbocycles. The van der Waals surface area contributed by atoms with E-state index in [4.69, 9.17) is 32.7 Å². The SMILES string of the molecule is CC(C)(C)OC(=O)C(CC1CCCCO1)n1cc(Cl)c(-c2cc(Cl)ccc2C#N)cc1=O. The normalized spacial score (nSPS) is 17.4. The van der Waals surface area contributed by atoms with E-state index in [1.54, 1.807) is 39.0 Å². The van der Waals surface area contributed by atoms with Crippen molar-refractivity contribution in [3.05, 3.63) is 56.4 Å². The van der Waals surface area contributed by atoms with E-state index in [-0.39, 0.29) is 11.1 Å². The summed E-state index contributed by atoms with van der Waals surface area (Å²) in [6, 6.07) is 7.29. The van der Waals surface area contributed by atoms with Crippen molar-refractivity contribution >= 4 is 29.2 Å². The van der Waals surface area contributed by atoms with Gasteiger partial charge in [0.15, 0.2) is 0 Å². The van der Waals surface area contributed by atoms with Crippen LogP contribution in [-0.2, 0) is 14.3 Å². The van der Waals surface area contributed by atoms with E-state index in [0.29, 0.717) is 34.7 Å². The summed E-state index contributed by atoms with van der Waals surface area (Å²) >= 11 is 12.6. The molecule has 0 aliphatic carbocycles. The van der Waals surface area contributed by atoms with Gasteiger partial charge in [-0.1, -0.05) is 23.2 Å². The highest BCUT2D eigenvalue weighted by Gasteiger charge is 2.31. The Morgan fingerprint density at radius 1 is 1.28 bits per heavy atom. The summed E-state index contributed by atoms with van der Waals surface area (Å²) in [5, 5.41) is 10.1. The molecule has 1 aliphatic rings. The number of pyridine rings is 1. The largest absolute Gasteiger partial charge is 0.458 e. The Labute approximate surface area is 197 Å². The average molecular weight is 477 g/mol. The first-order valence-electron chi connectivity index (χ1n) is 10.5. The number of carbonyl (C=O) groups excluding carboxylic acids is 1. The van der Waals surface area contributed by atoms with Gasteiger partial charge in [-0.3, -0.25) is 9.36 Å². The first kappa shape index (κ1) is 24.3. The van der Waals surface area contributed by atoms with Gasteiger partial charge in [0.1, 0.15) is 11.6 Å². The first-order chi connectivity index (χ1) is 15.1. The van der Waals surface area contributed by atoms with Gasteiger partial charge in [0.05, 0.1) is 22.8 Å². The highest BCUT2D eigenvalue weighted by molar-refractivity contribution is 6.33. The van der Waals surface area contributed by atoms with Crippen molar-refractivity contribution in [1.82, 2.24) is 4.57 Å². The number of rotatable bonds is 5. The Hall–Kier alpha value is -2.33. The molecule has 0 spiro atoms. The van der Waals surface area contributed by atoms with Crippen molar-refractivity contribution in [3.63, 3.8) is 0 Å². The predicted molar refractivity (Wildman–Crippen MR) is 124 cm³/mol. The van der Waals surface area contributed by atoms with Crippen LogP contribution in [0, 0.1) is 11.3 Å². The molecule has 2 unspecified atom stereocenters. The van der Waals surface area contributed by atoms with E-state index in [1.807, 2.05) is 0 Å². The molecule has 0 saturated carbocycles. The van der Waals surface area contributed by atoms with Crippen molar-refractivity contribution in [2.24, 2.45) is 0 Å². The van der Waals surface area contributed by atoms with Crippen LogP contribution in [0.4, 0.5) is 0 Å². The van der Waals surface area contributed by atoms with Crippen molar-refractivity contribution in [3.8, 4) is 17.2 Å². The van der Waals surface area contributed by atoms with E-state index >= 15 is 0 Å². The van der Waals surface area contributed by atoms with Crippen LogP contribution >= 0.6 is 23.2 Å². The summed E-state index contributed by atoms with van der Waals surface area (Å²) in [6.07, 6.45) is 4.39. The number of aromatic nitrogens is 1. The van der Waals surface area contributed by atoms with Gasteiger partial charge in [-0.15, -0.1) is 0 Å². The molecule has 32 heavy (non-hydrogen) atoms. The van der Waals surface area contributed by atoms with E-state index in [9.17, 15) is 14.9 Å². The molecule has 170 valence electrons. The van der Waals surface area contributed by atoms with Crippen LogP contribution < -0.4 is 5.56 Å². The molecule has 1 aromatic heterocycles. The van der Waals surface area contributed by atoms with Crippen LogP contribution in [0.15, 0.2) is 35.3 Å². The smallest absolute Gasteiger partial charge is 0.329 e. The maximum Gasteiger partial charge on any atom is 0.329 e. The molecular formula is C24H26Cl2N2O4. The lowest BCUT2D eigenvalue weighted by Crippen LogP contribution is -2.37. The Morgan fingerprint density at radius 3 is 2.66 bits per heavy atom. The molecule has 2 atom stereocenters. The summed E-state index contributed by atoms with van der Waals surface area (Å²) in [7, 11) is 0. The second kappa shape index (κ2) is 10.1. The number of benzene rings is 1. The minimum absolute atomic E-state index is 0.148. The van der Waals surface area contributed by atoms with Crippen LogP contribution in [0.3, 0.4) is 0 Å². The zero-order valence-electron chi connectivity index (χ0n) is 18.4. The molecule has 0 radical (unpaired) electrons. The minimum atomic E-state index is -0.883. The van der Waals surface area contributed by atoms with Crippen LogP contribution in [-0.4, -0.2) is 28.8 Å². The standard InChI is InChI=1S/C24H26Cl2N2O4/c1-24(2,3)32-23(30)21(11-17-6-4-5-9-31-17)28-14-20(26)19(12-22(28)29)18-10-16(25)8-7-15(18)13-27/h7-8,10,12,14,17,21H,4-6,9,11H2,1-3H3. The third-order valence-corrected chi connectivity index (χ3v) is 5.74. The van der Waals surface area contributed by atoms with Crippen LogP contribution in [0.5, 0.6) is 0 Å². The van der Waals surface area contributed by atoms with Gasteiger partial charge >= 0.3 is 5.97 Å². The number of hydrogen-bond acceptors (Lipinski definition) is 5. The number of nitrogens with zero attached hydrogens (tertiary/aromatic N) is 2. The number of carbonyl (C=O) groups is 1. The first-order valence-corrected chi connectivity index (χ1v) is 11.3. The number of ether oxygens (including phenoxy) is 2. The van der Waals surface area contributed by atoms with E-state index in [0.717, 1.165) is 19.3 Å². The molecule has 1 fully saturated rings. The van der Waals surface area contributed by atoms with Crippen molar-refractivity contribution < 1.29 is 14.3 Å². The quantitative estimate of drug-likeness (QED) is 0.529. The topological polar surface area (TPSA) is 81.3 Å². The number of esters is 1. The molecule has 6 nitrogen and oxygen atoms in total. The van der Waals surface area contributed by atoms with Crippen LogP contribution in [0.25, 0.3) is 11.1 Å². The van der Waals surface area contributed by atoms with E-state index < -0.39 is 23.2 Å². The molecule has 2 aromatic rings. The Bertz CT molecular complexity index is 1090. The van der Waals surface area contributed by atoms with Gasteiger partial charge in [-0.2, -0.15) is 5.26 Å². The molecule has 0 amide bonds. The predicted octanol–water partition coefficient (Wildman–Crippen LogP) is 5.54. The fraction of sp³-hybridized carbons (Fsp3) is 0.458. The van der Waals surface area contributed by atoms with E-state index in [2.05, 4.69) is 6.07 Å². The molecule has 0 N–H and O–H groups in total. The Kier molecular flexibility index (Phi) is 7.66. The maximum absolute atomic E-state index is 13.1. The van der Waals surface area contributed by atoms with Gasteiger partial charge in [0.25, 0.3) is 5.56 Å². The Morgan fingerprint density at radius 2 is 2.03 bits per heavy atom. The van der Waals surface area contributed by atoms with Crippen molar-refractivity contribution in [1.29, 1.82) is 5.26 Å². The highest BCUT2D eigenvalue weighted by Crippen LogP contribution is 2.33. The van der Waals surface area contributed by atoms with E-state index in [1.165, 1.54) is 16.8 Å². The fourth-order valence-electron chi connectivity index (χ4n) is 3.74. The number of halogens is 2. The molecule has 0 bridgehead atoms. The fourth-order valence-corrected chi connectivity index (χ4v) is 4.18. The second-order valence-corrected chi connectivity index (χ2v) is 9.70. The second-order valence-electron chi connectivity index (χ2n) is 8.86. The van der Waals surface area contributed by atoms with Gasteiger partial charge < -0.3 is 9.47 Å². The molecule has 1 saturated heterocycles. The number of hydrogen-bond donors (Lipinski definition) is 0. The molecular weight excluding hydrogens is 451 g/mol. The number of nitriles is 1. The summed E-state index contributed by atoms with van der Waals surface area (Å²) in [4.78, 5) is 26.2. The average Bonchev–Trinajstić information content (AvgIpc) is 2.73. The highest BCUT2D eigenvalue weighted by atomic mass is 35.5. The van der Waals surface area contributed by atoms with Gasteiger partial charge in [0.2, 0.25) is 0 Å². The molecule has 8 heteroatoms. The monoisotopic (exact) mass is 476 g/mol. The summed E-state index contributed by atoms with van der Waals surface area (Å²) in [5.74, 6) is -0.516. The zero-order valence-corrected chi connectivity index (χ0v) is 19.9. The zero-order chi connectivity index (χ0) is 23.5. The maximum atomic E-state index is 13.1. The Balaban J connectivity index is 2.04. The van der Waals surface area contributed by atoms with Gasteiger partial charge in [-0.25, -0.2) is 4.79 Å². The van der Waals surface area contributed by atoms with Crippen LogP contribution in [0.1, 0.15) is 58.1 Å². The summed E-state index contributed by atoms with van der Waals surface area (Å²) in [6.45, 7) is 5.97. The lowest BCUT2D eigenvalue weighted by atomic mass is 9.99. The minimum Gasteiger partial charge on any atom is -0.458 e. The molecule has 1 aliphatic heterocycles. The third kappa shape index (κ3) is 5.92. The lowest BCUT2D eigenvalue weighted by molar-refractivity contribution is -0.160. The van der Waals surface area contributed by atoms with Gasteiger partial charge in [-0.05, 0) is 58.2 Å². The van der Waals surface area contributed by atoms with Crippen molar-refractivity contribution in [2.75, 3.05) is 6.61 Å².